The van der Waals surface area contributed by atoms with Gasteiger partial charge in [0.15, 0.2) is 0 Å². The molecular formula is C12H24N2O2. The highest BCUT2D eigenvalue weighted by Gasteiger charge is 2.25. The number of β-amino-alcohol motifs (C(OH)–C–C–N with tert-alkyl or cyclic N) is 1. The van der Waals surface area contributed by atoms with Crippen molar-refractivity contribution in [2.45, 2.75) is 31.9 Å². The molecule has 2 aliphatic rings. The van der Waals surface area contributed by atoms with Gasteiger partial charge in [-0.1, -0.05) is 0 Å². The number of nitrogens with zero attached hydrogens (tertiary/aromatic N) is 2. The van der Waals surface area contributed by atoms with Crippen molar-refractivity contribution in [2.75, 3.05) is 45.9 Å². The Balaban J connectivity index is 1.71. The molecule has 2 fully saturated rings. The van der Waals surface area contributed by atoms with E-state index in [1.54, 1.807) is 0 Å². The van der Waals surface area contributed by atoms with Gasteiger partial charge in [0.25, 0.3) is 0 Å². The van der Waals surface area contributed by atoms with Crippen LogP contribution in [0.1, 0.15) is 19.8 Å². The average molecular weight is 228 g/mol. The topological polar surface area (TPSA) is 35.9 Å². The predicted molar refractivity (Wildman–Crippen MR) is 63.5 cm³/mol. The highest BCUT2D eigenvalue weighted by Crippen LogP contribution is 2.17. The SMILES string of the molecule is C[C@H](O)CN1CCC(N2CCOCC2)CC1. The van der Waals surface area contributed by atoms with Crippen LogP contribution in [0, 0.1) is 0 Å². The lowest BCUT2D eigenvalue weighted by atomic mass is 10.0. The van der Waals surface area contributed by atoms with Gasteiger partial charge in [0.2, 0.25) is 0 Å². The molecule has 0 spiro atoms. The molecular weight excluding hydrogens is 204 g/mol. The van der Waals surface area contributed by atoms with E-state index in [1.165, 1.54) is 12.8 Å². The van der Waals surface area contributed by atoms with E-state index in [4.69, 9.17) is 4.74 Å². The third-order valence-electron chi connectivity index (χ3n) is 3.64. The molecule has 0 radical (unpaired) electrons. The summed E-state index contributed by atoms with van der Waals surface area (Å²) in [5.74, 6) is 0. The Labute approximate surface area is 98.2 Å². The Bertz CT molecular complexity index is 197. The normalized spacial score (nSPS) is 28.1. The summed E-state index contributed by atoms with van der Waals surface area (Å²) in [7, 11) is 0. The molecule has 4 nitrogen and oxygen atoms in total. The fraction of sp³-hybridized carbons (Fsp3) is 1.00. The molecule has 1 atom stereocenters. The van der Waals surface area contributed by atoms with E-state index in [1.807, 2.05) is 6.92 Å². The van der Waals surface area contributed by atoms with Gasteiger partial charge in [-0.05, 0) is 32.9 Å². The standard InChI is InChI=1S/C12H24N2O2/c1-11(15)10-13-4-2-12(3-5-13)14-6-8-16-9-7-14/h11-12,15H,2-10H2,1H3/t11-/m0/s1. The fourth-order valence-corrected chi connectivity index (χ4v) is 2.78. The van der Waals surface area contributed by atoms with E-state index in [0.717, 1.165) is 52.0 Å². The molecule has 0 aromatic rings. The predicted octanol–water partition coefficient (Wildman–Crippen LogP) is 0.164. The van der Waals surface area contributed by atoms with Gasteiger partial charge in [-0.15, -0.1) is 0 Å². The Morgan fingerprint density at radius 2 is 1.81 bits per heavy atom. The summed E-state index contributed by atoms with van der Waals surface area (Å²) in [6, 6.07) is 0.745. The van der Waals surface area contributed by atoms with E-state index in [2.05, 4.69) is 9.80 Å². The summed E-state index contributed by atoms with van der Waals surface area (Å²) in [6.45, 7) is 8.95. The van der Waals surface area contributed by atoms with E-state index in [9.17, 15) is 5.11 Å². The lowest BCUT2D eigenvalue weighted by Crippen LogP contribution is -2.49. The molecule has 1 N–H and O–H groups in total. The minimum Gasteiger partial charge on any atom is -0.392 e. The zero-order valence-electron chi connectivity index (χ0n) is 10.3. The molecule has 2 heterocycles. The van der Waals surface area contributed by atoms with Crippen LogP contribution in [0.4, 0.5) is 0 Å². The molecule has 2 aliphatic heterocycles. The number of hydrogen-bond acceptors (Lipinski definition) is 4. The van der Waals surface area contributed by atoms with E-state index < -0.39 is 0 Å². The number of morpholine rings is 1. The maximum atomic E-state index is 9.35. The number of ether oxygens (including phenoxy) is 1. The average Bonchev–Trinajstić information content (AvgIpc) is 2.30. The highest BCUT2D eigenvalue weighted by molar-refractivity contribution is 4.81. The lowest BCUT2D eigenvalue weighted by Gasteiger charge is -2.40. The van der Waals surface area contributed by atoms with E-state index in [0.29, 0.717) is 0 Å². The van der Waals surface area contributed by atoms with Crippen molar-refractivity contribution in [3.8, 4) is 0 Å². The van der Waals surface area contributed by atoms with Crippen molar-refractivity contribution in [3.05, 3.63) is 0 Å². The molecule has 16 heavy (non-hydrogen) atoms. The minimum atomic E-state index is -0.195. The van der Waals surface area contributed by atoms with Crippen LogP contribution < -0.4 is 0 Å². The molecule has 0 aromatic heterocycles. The van der Waals surface area contributed by atoms with Gasteiger partial charge in [-0.3, -0.25) is 4.90 Å². The van der Waals surface area contributed by atoms with Crippen LogP contribution in [-0.4, -0.2) is 73.0 Å². The number of aliphatic hydroxyl groups is 1. The first-order valence-corrected chi connectivity index (χ1v) is 6.48. The molecule has 0 aliphatic carbocycles. The second-order valence-corrected chi connectivity index (χ2v) is 5.03. The van der Waals surface area contributed by atoms with Crippen LogP contribution in [0.15, 0.2) is 0 Å². The largest absolute Gasteiger partial charge is 0.392 e. The summed E-state index contributed by atoms with van der Waals surface area (Å²) in [5.41, 5.74) is 0. The van der Waals surface area contributed by atoms with Crippen molar-refractivity contribution < 1.29 is 9.84 Å². The second kappa shape index (κ2) is 5.96. The van der Waals surface area contributed by atoms with Crippen molar-refractivity contribution >= 4 is 0 Å². The van der Waals surface area contributed by atoms with Gasteiger partial charge < -0.3 is 14.7 Å². The first kappa shape index (κ1) is 12.3. The Morgan fingerprint density at radius 3 is 2.38 bits per heavy atom. The third-order valence-corrected chi connectivity index (χ3v) is 3.64. The van der Waals surface area contributed by atoms with Crippen LogP contribution in [-0.2, 0) is 4.74 Å². The zero-order chi connectivity index (χ0) is 11.4. The molecule has 2 saturated heterocycles. The first-order valence-electron chi connectivity index (χ1n) is 6.48. The van der Waals surface area contributed by atoms with Crippen molar-refractivity contribution in [1.82, 2.24) is 9.80 Å². The summed E-state index contributed by atoms with van der Waals surface area (Å²) in [6.07, 6.45) is 2.29. The van der Waals surface area contributed by atoms with Gasteiger partial charge in [0, 0.05) is 25.7 Å². The van der Waals surface area contributed by atoms with Gasteiger partial charge >= 0.3 is 0 Å². The summed E-state index contributed by atoms with van der Waals surface area (Å²) in [4.78, 5) is 4.95. The molecule has 0 aromatic carbocycles. The summed E-state index contributed by atoms with van der Waals surface area (Å²) in [5, 5.41) is 9.35. The molecule has 0 amide bonds. The van der Waals surface area contributed by atoms with Crippen molar-refractivity contribution in [1.29, 1.82) is 0 Å². The van der Waals surface area contributed by atoms with Crippen molar-refractivity contribution in [2.24, 2.45) is 0 Å². The fourth-order valence-electron chi connectivity index (χ4n) is 2.78. The lowest BCUT2D eigenvalue weighted by molar-refractivity contribution is -0.00249. The Morgan fingerprint density at radius 1 is 1.19 bits per heavy atom. The highest BCUT2D eigenvalue weighted by atomic mass is 16.5. The molecule has 2 rings (SSSR count). The summed E-state index contributed by atoms with van der Waals surface area (Å²) < 4.78 is 5.38. The minimum absolute atomic E-state index is 0.195. The number of hydrogen-bond donors (Lipinski definition) is 1. The van der Waals surface area contributed by atoms with Crippen LogP contribution in [0.5, 0.6) is 0 Å². The Hall–Kier alpha value is -0.160. The van der Waals surface area contributed by atoms with Gasteiger partial charge in [-0.2, -0.15) is 0 Å². The van der Waals surface area contributed by atoms with Crippen LogP contribution in [0.25, 0.3) is 0 Å². The molecule has 0 unspecified atom stereocenters. The second-order valence-electron chi connectivity index (χ2n) is 5.03. The van der Waals surface area contributed by atoms with E-state index in [-0.39, 0.29) is 6.10 Å². The molecule has 0 saturated carbocycles. The Kier molecular flexibility index (Phi) is 4.58. The van der Waals surface area contributed by atoms with Gasteiger partial charge in [-0.25, -0.2) is 0 Å². The quantitative estimate of drug-likeness (QED) is 0.747. The monoisotopic (exact) mass is 228 g/mol. The third kappa shape index (κ3) is 3.42. The van der Waals surface area contributed by atoms with Crippen LogP contribution in [0.3, 0.4) is 0 Å². The zero-order valence-corrected chi connectivity index (χ0v) is 10.3. The summed E-state index contributed by atoms with van der Waals surface area (Å²) >= 11 is 0. The molecule has 4 heteroatoms. The smallest absolute Gasteiger partial charge is 0.0639 e. The van der Waals surface area contributed by atoms with Crippen LogP contribution >= 0.6 is 0 Å². The van der Waals surface area contributed by atoms with Gasteiger partial charge in [0.05, 0.1) is 19.3 Å². The van der Waals surface area contributed by atoms with Crippen LogP contribution in [0.2, 0.25) is 0 Å². The van der Waals surface area contributed by atoms with Crippen molar-refractivity contribution in [3.63, 3.8) is 0 Å². The number of likely N-dealkylation sites (tertiary alicyclic amines) is 1. The molecule has 94 valence electrons. The number of rotatable bonds is 3. The molecule has 0 bridgehead atoms. The number of piperidine rings is 1. The number of aliphatic hydroxyl groups excluding tert-OH is 1. The maximum Gasteiger partial charge on any atom is 0.0639 e. The van der Waals surface area contributed by atoms with Gasteiger partial charge in [0.1, 0.15) is 0 Å². The maximum absolute atomic E-state index is 9.35. The van der Waals surface area contributed by atoms with E-state index >= 15 is 0 Å². The first-order chi connectivity index (χ1) is 7.75.